The molecule has 2 aromatic carbocycles. The quantitative estimate of drug-likeness (QED) is 0.400. The number of ether oxygens (including phenoxy) is 1. The summed E-state index contributed by atoms with van der Waals surface area (Å²) in [5.74, 6) is 0.898. The average molecular weight is 500 g/mol. The molecular weight excluding hydrogens is 466 g/mol. The minimum absolute atomic E-state index is 0.0329. The van der Waals surface area contributed by atoms with Gasteiger partial charge in [-0.2, -0.15) is 9.97 Å². The molecule has 37 heavy (non-hydrogen) atoms. The van der Waals surface area contributed by atoms with E-state index in [1.54, 1.807) is 26.1 Å². The summed E-state index contributed by atoms with van der Waals surface area (Å²) in [5, 5.41) is 4.10. The molecule has 9 heteroatoms. The number of likely N-dealkylation sites (N-methyl/N-ethyl adjacent to an activating group) is 1. The van der Waals surface area contributed by atoms with Crippen LogP contribution in [-0.4, -0.2) is 90.0 Å². The van der Waals surface area contributed by atoms with Crippen molar-refractivity contribution in [3.63, 3.8) is 0 Å². The number of aromatic nitrogens is 3. The van der Waals surface area contributed by atoms with Crippen molar-refractivity contribution < 1.29 is 9.53 Å². The predicted molar refractivity (Wildman–Crippen MR) is 146 cm³/mol. The van der Waals surface area contributed by atoms with Gasteiger partial charge < -0.3 is 24.8 Å². The number of hydrogen-bond donors (Lipinski definition) is 2. The topological polar surface area (TPSA) is 89.6 Å². The number of carbonyl (C=O) groups excluding carboxylic acids is 1. The smallest absolute Gasteiger partial charge is 0.253 e. The zero-order valence-corrected chi connectivity index (χ0v) is 21.8. The molecule has 3 heterocycles. The van der Waals surface area contributed by atoms with E-state index in [1.807, 2.05) is 30.5 Å². The molecule has 0 atom stereocenters. The van der Waals surface area contributed by atoms with Crippen LogP contribution in [0.2, 0.25) is 0 Å². The summed E-state index contributed by atoms with van der Waals surface area (Å²) in [6.45, 7) is 5.38. The Labute approximate surface area is 217 Å². The van der Waals surface area contributed by atoms with Gasteiger partial charge in [0.05, 0.1) is 12.5 Å². The predicted octanol–water partition coefficient (Wildman–Crippen LogP) is 3.83. The number of fused-ring (bicyclic) bond motifs is 1. The van der Waals surface area contributed by atoms with Crippen LogP contribution >= 0.6 is 0 Å². The lowest BCUT2D eigenvalue weighted by atomic mass is 10.0. The molecule has 4 aromatic rings. The van der Waals surface area contributed by atoms with Gasteiger partial charge in [-0.3, -0.25) is 9.69 Å². The maximum Gasteiger partial charge on any atom is 0.253 e. The lowest BCUT2D eigenvalue weighted by Crippen LogP contribution is -2.43. The summed E-state index contributed by atoms with van der Waals surface area (Å²) >= 11 is 0. The highest BCUT2D eigenvalue weighted by Gasteiger charge is 2.17. The molecule has 1 aliphatic heterocycles. The fourth-order valence-electron chi connectivity index (χ4n) is 4.57. The van der Waals surface area contributed by atoms with Crippen LogP contribution in [-0.2, 0) is 6.54 Å². The van der Waals surface area contributed by atoms with Crippen LogP contribution in [0.3, 0.4) is 0 Å². The minimum atomic E-state index is -0.0329. The third-order valence-electron chi connectivity index (χ3n) is 6.75. The van der Waals surface area contributed by atoms with E-state index < -0.39 is 0 Å². The Hall–Kier alpha value is -3.95. The van der Waals surface area contributed by atoms with E-state index in [0.29, 0.717) is 23.0 Å². The van der Waals surface area contributed by atoms with Gasteiger partial charge in [-0.05, 0) is 42.4 Å². The molecular formula is C28H33N7O2. The molecule has 5 rings (SSSR count). The molecule has 9 nitrogen and oxygen atoms in total. The van der Waals surface area contributed by atoms with Crippen LogP contribution in [0.15, 0.2) is 54.7 Å². The van der Waals surface area contributed by atoms with Crippen molar-refractivity contribution >= 4 is 28.6 Å². The molecule has 1 aliphatic rings. The van der Waals surface area contributed by atoms with Gasteiger partial charge in [0.1, 0.15) is 5.65 Å². The monoisotopic (exact) mass is 499 g/mol. The molecule has 0 aliphatic carbocycles. The molecule has 0 unspecified atom stereocenters. The molecule has 0 spiro atoms. The second-order valence-electron chi connectivity index (χ2n) is 9.66. The Balaban J connectivity index is 1.33. The number of benzene rings is 2. The fourth-order valence-corrected chi connectivity index (χ4v) is 4.57. The van der Waals surface area contributed by atoms with Gasteiger partial charge >= 0.3 is 0 Å². The van der Waals surface area contributed by atoms with Crippen molar-refractivity contribution in [1.82, 2.24) is 29.7 Å². The highest BCUT2D eigenvalue weighted by molar-refractivity contribution is 5.99. The van der Waals surface area contributed by atoms with E-state index in [0.717, 1.165) is 54.9 Å². The number of nitrogens with zero attached hydrogens (tertiary/aromatic N) is 5. The molecule has 0 radical (unpaired) electrons. The molecule has 192 valence electrons. The molecule has 1 fully saturated rings. The normalized spacial score (nSPS) is 14.6. The van der Waals surface area contributed by atoms with Gasteiger partial charge in [0.25, 0.3) is 5.91 Å². The van der Waals surface area contributed by atoms with Crippen molar-refractivity contribution in [2.45, 2.75) is 6.54 Å². The number of aromatic amines is 1. The van der Waals surface area contributed by atoms with Crippen LogP contribution in [0.25, 0.3) is 22.2 Å². The van der Waals surface area contributed by atoms with Gasteiger partial charge in [0.2, 0.25) is 11.8 Å². The highest BCUT2D eigenvalue weighted by Crippen LogP contribution is 2.34. The first kappa shape index (κ1) is 24.7. The summed E-state index contributed by atoms with van der Waals surface area (Å²) in [6.07, 6.45) is 1.89. The van der Waals surface area contributed by atoms with Crippen LogP contribution in [0.5, 0.6) is 5.88 Å². The molecule has 1 amide bonds. The SMILES string of the molecule is COc1nc(Nc2ccc(CN3CCN(C)CC3)cc2)nc2[nH]cc(-c3ccc(C(=O)N(C)C)cc3)c12. The fraction of sp³-hybridized carbons (Fsp3) is 0.321. The number of hydrogen-bond acceptors (Lipinski definition) is 7. The van der Waals surface area contributed by atoms with Gasteiger partial charge in [-0.25, -0.2) is 0 Å². The number of H-pyrrole nitrogens is 1. The number of rotatable bonds is 7. The van der Waals surface area contributed by atoms with Gasteiger partial charge in [-0.15, -0.1) is 0 Å². The number of piperazine rings is 1. The highest BCUT2D eigenvalue weighted by atomic mass is 16.5. The molecule has 0 saturated carbocycles. The lowest BCUT2D eigenvalue weighted by molar-refractivity contribution is 0.0827. The zero-order valence-electron chi connectivity index (χ0n) is 21.8. The summed E-state index contributed by atoms with van der Waals surface area (Å²) < 4.78 is 5.65. The van der Waals surface area contributed by atoms with Crippen molar-refractivity contribution in [2.75, 3.05) is 59.7 Å². The van der Waals surface area contributed by atoms with Gasteiger partial charge in [0, 0.05) is 69.8 Å². The van der Waals surface area contributed by atoms with E-state index in [4.69, 9.17) is 4.74 Å². The van der Waals surface area contributed by atoms with Crippen molar-refractivity contribution in [3.8, 4) is 17.0 Å². The third kappa shape index (κ3) is 5.42. The van der Waals surface area contributed by atoms with Crippen LogP contribution in [0.1, 0.15) is 15.9 Å². The maximum atomic E-state index is 12.2. The maximum absolute atomic E-state index is 12.2. The Kier molecular flexibility index (Phi) is 7.07. The van der Waals surface area contributed by atoms with Crippen molar-refractivity contribution in [2.24, 2.45) is 0 Å². The zero-order chi connectivity index (χ0) is 25.9. The minimum Gasteiger partial charge on any atom is -0.480 e. The number of carbonyl (C=O) groups is 1. The molecule has 2 aromatic heterocycles. The van der Waals surface area contributed by atoms with Crippen molar-refractivity contribution in [1.29, 1.82) is 0 Å². The largest absolute Gasteiger partial charge is 0.480 e. The van der Waals surface area contributed by atoms with Crippen LogP contribution in [0.4, 0.5) is 11.6 Å². The Morgan fingerprint density at radius 1 is 1.03 bits per heavy atom. The van der Waals surface area contributed by atoms with Crippen LogP contribution in [0, 0.1) is 0 Å². The number of nitrogens with one attached hydrogen (secondary N) is 2. The van der Waals surface area contributed by atoms with E-state index in [-0.39, 0.29) is 5.91 Å². The molecule has 2 N–H and O–H groups in total. The first-order valence-electron chi connectivity index (χ1n) is 12.4. The molecule has 0 bridgehead atoms. The van der Waals surface area contributed by atoms with Crippen molar-refractivity contribution in [3.05, 3.63) is 65.9 Å². The standard InChI is InChI=1S/C28H33N7O2/c1-33(2)27(36)21-9-7-20(8-10-21)23-17-29-25-24(23)26(37-4)32-28(31-25)30-22-11-5-19(6-12-22)18-35-15-13-34(3)14-16-35/h5-12,17H,13-16,18H2,1-4H3,(H2,29,30,31,32). The number of anilines is 2. The Morgan fingerprint density at radius 2 is 1.73 bits per heavy atom. The van der Waals surface area contributed by atoms with Gasteiger partial charge in [0.15, 0.2) is 0 Å². The van der Waals surface area contributed by atoms with E-state index >= 15 is 0 Å². The summed E-state index contributed by atoms with van der Waals surface area (Å²) in [7, 11) is 7.26. The third-order valence-corrected chi connectivity index (χ3v) is 6.75. The summed E-state index contributed by atoms with van der Waals surface area (Å²) in [4.78, 5) is 31.2. The lowest BCUT2D eigenvalue weighted by Gasteiger charge is -2.32. The number of methoxy groups -OCH3 is 1. The molecule has 1 saturated heterocycles. The summed E-state index contributed by atoms with van der Waals surface area (Å²) in [6, 6.07) is 15.9. The second-order valence-corrected chi connectivity index (χ2v) is 9.66. The second kappa shape index (κ2) is 10.6. The summed E-state index contributed by atoms with van der Waals surface area (Å²) in [5.41, 5.74) is 5.37. The first-order chi connectivity index (χ1) is 17.9. The van der Waals surface area contributed by atoms with Crippen LogP contribution < -0.4 is 10.1 Å². The first-order valence-corrected chi connectivity index (χ1v) is 12.4. The van der Waals surface area contributed by atoms with E-state index in [2.05, 4.69) is 61.4 Å². The van der Waals surface area contributed by atoms with Gasteiger partial charge in [-0.1, -0.05) is 24.3 Å². The number of amides is 1. The Morgan fingerprint density at radius 3 is 2.38 bits per heavy atom. The van der Waals surface area contributed by atoms with E-state index in [1.165, 1.54) is 5.56 Å². The Bertz CT molecular complexity index is 1370. The van der Waals surface area contributed by atoms with E-state index in [9.17, 15) is 4.79 Å². The average Bonchev–Trinajstić information content (AvgIpc) is 3.34.